The molecule has 0 atom stereocenters. The number of amides is 1. The molecular weight excluding hydrogens is 302 g/mol. The van der Waals surface area contributed by atoms with Crippen LogP contribution in [0.3, 0.4) is 0 Å². The Balaban J connectivity index is 1.90. The lowest BCUT2D eigenvalue weighted by Gasteiger charge is -2.01. The maximum atomic E-state index is 12.2. The second-order valence-corrected chi connectivity index (χ2v) is 6.05. The predicted octanol–water partition coefficient (Wildman–Crippen LogP) is 3.02. The predicted molar refractivity (Wildman–Crippen MR) is 84.4 cm³/mol. The van der Waals surface area contributed by atoms with Gasteiger partial charge in [0.2, 0.25) is 5.13 Å². The summed E-state index contributed by atoms with van der Waals surface area (Å²) < 4.78 is 5.07. The van der Waals surface area contributed by atoms with Crippen LogP contribution in [0, 0.1) is 0 Å². The summed E-state index contributed by atoms with van der Waals surface area (Å²) >= 11 is 1.30. The molecule has 6 nitrogen and oxygen atoms in total. The first-order valence-electron chi connectivity index (χ1n) is 6.72. The van der Waals surface area contributed by atoms with Gasteiger partial charge in [0.25, 0.3) is 5.91 Å². The topological polar surface area (TPSA) is 85.1 Å². The normalized spacial score (nSPS) is 11.0. The van der Waals surface area contributed by atoms with Gasteiger partial charge in [-0.3, -0.25) is 10.1 Å². The lowest BCUT2D eigenvalue weighted by molar-refractivity contribution is 0.0993. The van der Waals surface area contributed by atoms with Crippen LogP contribution in [-0.2, 0) is 0 Å². The van der Waals surface area contributed by atoms with E-state index in [1.807, 2.05) is 13.8 Å². The van der Waals surface area contributed by atoms with Gasteiger partial charge in [0, 0.05) is 5.92 Å². The summed E-state index contributed by atoms with van der Waals surface area (Å²) in [5.41, 5.74) is -0.539. The summed E-state index contributed by atoms with van der Waals surface area (Å²) in [6.45, 7) is 3.99. The Morgan fingerprint density at radius 1 is 1.27 bits per heavy atom. The monoisotopic (exact) mass is 315 g/mol. The minimum Gasteiger partial charge on any atom is -0.417 e. The van der Waals surface area contributed by atoms with E-state index in [1.165, 1.54) is 17.4 Å². The minimum absolute atomic E-state index is 0.0509. The van der Waals surface area contributed by atoms with Crippen molar-refractivity contribution in [1.29, 1.82) is 0 Å². The van der Waals surface area contributed by atoms with Gasteiger partial charge < -0.3 is 4.42 Å². The van der Waals surface area contributed by atoms with Gasteiger partial charge in [0.15, 0.2) is 5.76 Å². The second kappa shape index (κ2) is 5.69. The average Bonchev–Trinajstić information content (AvgIpc) is 2.96. The lowest BCUT2D eigenvalue weighted by atomic mass is 10.1. The first-order chi connectivity index (χ1) is 10.5. The molecule has 1 aromatic carbocycles. The average molecular weight is 315 g/mol. The molecule has 0 saturated heterocycles. The zero-order chi connectivity index (χ0) is 15.7. The third kappa shape index (κ3) is 2.75. The van der Waals surface area contributed by atoms with E-state index in [4.69, 9.17) is 4.42 Å². The van der Waals surface area contributed by atoms with Gasteiger partial charge in [-0.05, 0) is 17.5 Å². The fraction of sp³-hybridized carbons (Fsp3) is 0.200. The number of fused-ring (bicyclic) bond motifs is 1. The van der Waals surface area contributed by atoms with Crippen LogP contribution in [0.25, 0.3) is 10.8 Å². The smallest absolute Gasteiger partial charge is 0.344 e. The highest BCUT2D eigenvalue weighted by atomic mass is 32.1. The molecule has 0 unspecified atom stereocenters. The van der Waals surface area contributed by atoms with E-state index in [2.05, 4.69) is 15.5 Å². The van der Waals surface area contributed by atoms with Crippen molar-refractivity contribution in [3.63, 3.8) is 0 Å². The van der Waals surface area contributed by atoms with Crippen molar-refractivity contribution < 1.29 is 9.21 Å². The fourth-order valence-electron chi connectivity index (χ4n) is 1.92. The molecule has 112 valence electrons. The van der Waals surface area contributed by atoms with Gasteiger partial charge in [-0.1, -0.05) is 43.4 Å². The van der Waals surface area contributed by atoms with Crippen molar-refractivity contribution in [2.45, 2.75) is 19.8 Å². The second-order valence-electron chi connectivity index (χ2n) is 5.04. The zero-order valence-electron chi connectivity index (χ0n) is 12.0. The number of benzene rings is 1. The Labute approximate surface area is 129 Å². The molecule has 0 aliphatic heterocycles. The molecular formula is C15H13N3O3S. The minimum atomic E-state index is -0.539. The van der Waals surface area contributed by atoms with Crippen molar-refractivity contribution in [3.8, 4) is 0 Å². The summed E-state index contributed by atoms with van der Waals surface area (Å²) in [6.07, 6.45) is 0. The highest BCUT2D eigenvalue weighted by Gasteiger charge is 2.15. The van der Waals surface area contributed by atoms with Crippen LogP contribution in [0.2, 0.25) is 0 Å². The highest BCUT2D eigenvalue weighted by Crippen LogP contribution is 2.23. The van der Waals surface area contributed by atoms with E-state index in [9.17, 15) is 9.59 Å². The highest BCUT2D eigenvalue weighted by molar-refractivity contribution is 7.15. The first kappa shape index (κ1) is 14.4. The third-order valence-electron chi connectivity index (χ3n) is 3.05. The molecule has 0 bridgehead atoms. The molecule has 3 aromatic rings. The number of aromatic nitrogens is 2. The van der Waals surface area contributed by atoms with E-state index in [0.29, 0.717) is 15.9 Å². The number of rotatable bonds is 3. The lowest BCUT2D eigenvalue weighted by Crippen LogP contribution is -2.14. The Kier molecular flexibility index (Phi) is 3.72. The Hall–Kier alpha value is -2.54. The van der Waals surface area contributed by atoms with E-state index in [1.54, 1.807) is 24.3 Å². The SMILES string of the molecule is CC(C)c1nnc(NC(=O)c2cc3ccccc3c(=O)o2)s1. The zero-order valence-corrected chi connectivity index (χ0v) is 12.8. The van der Waals surface area contributed by atoms with Crippen LogP contribution < -0.4 is 10.9 Å². The number of carbonyl (C=O) groups is 1. The Morgan fingerprint density at radius 3 is 2.77 bits per heavy atom. The van der Waals surface area contributed by atoms with Crippen LogP contribution in [0.15, 0.2) is 39.5 Å². The van der Waals surface area contributed by atoms with E-state index in [-0.39, 0.29) is 11.7 Å². The van der Waals surface area contributed by atoms with Crippen LogP contribution >= 0.6 is 11.3 Å². The van der Waals surface area contributed by atoms with E-state index >= 15 is 0 Å². The first-order valence-corrected chi connectivity index (χ1v) is 7.54. The number of carbonyl (C=O) groups excluding carboxylic acids is 1. The standard InChI is InChI=1S/C15H13N3O3S/c1-8(2)13-17-18-15(22-13)16-12(19)11-7-9-5-3-4-6-10(9)14(20)21-11/h3-8H,1-2H3,(H,16,18,19). The summed E-state index contributed by atoms with van der Waals surface area (Å²) in [4.78, 5) is 24.1. The van der Waals surface area contributed by atoms with Crippen LogP contribution in [0.4, 0.5) is 5.13 Å². The molecule has 0 radical (unpaired) electrons. The number of hydrogen-bond donors (Lipinski definition) is 1. The quantitative estimate of drug-likeness (QED) is 0.803. The van der Waals surface area contributed by atoms with Gasteiger partial charge in [-0.25, -0.2) is 4.79 Å². The molecule has 2 aromatic heterocycles. The largest absolute Gasteiger partial charge is 0.417 e. The summed E-state index contributed by atoms with van der Waals surface area (Å²) in [5.74, 6) is -0.332. The molecule has 7 heteroatoms. The van der Waals surface area contributed by atoms with Gasteiger partial charge >= 0.3 is 5.63 Å². The molecule has 2 heterocycles. The van der Waals surface area contributed by atoms with Crippen molar-refractivity contribution in [3.05, 3.63) is 51.5 Å². The Bertz CT molecular complexity index is 898. The third-order valence-corrected chi connectivity index (χ3v) is 4.19. The van der Waals surface area contributed by atoms with Crippen LogP contribution in [-0.4, -0.2) is 16.1 Å². The maximum absolute atomic E-state index is 12.2. The van der Waals surface area contributed by atoms with Crippen LogP contribution in [0.1, 0.15) is 35.3 Å². The Morgan fingerprint density at radius 2 is 2.05 bits per heavy atom. The molecule has 0 spiro atoms. The van der Waals surface area contributed by atoms with Crippen molar-refractivity contribution in [1.82, 2.24) is 10.2 Å². The molecule has 22 heavy (non-hydrogen) atoms. The van der Waals surface area contributed by atoms with Gasteiger partial charge in [-0.2, -0.15) is 0 Å². The van der Waals surface area contributed by atoms with Crippen molar-refractivity contribution in [2.75, 3.05) is 5.32 Å². The molecule has 1 N–H and O–H groups in total. The summed E-state index contributed by atoms with van der Waals surface area (Å²) in [7, 11) is 0. The molecule has 0 aliphatic carbocycles. The van der Waals surface area contributed by atoms with Gasteiger partial charge in [0.1, 0.15) is 5.01 Å². The van der Waals surface area contributed by atoms with Gasteiger partial charge in [-0.15, -0.1) is 10.2 Å². The number of nitrogens with zero attached hydrogens (tertiary/aromatic N) is 2. The number of hydrogen-bond acceptors (Lipinski definition) is 6. The summed E-state index contributed by atoms with van der Waals surface area (Å²) in [6, 6.07) is 8.49. The fourth-order valence-corrected chi connectivity index (χ4v) is 2.66. The number of anilines is 1. The van der Waals surface area contributed by atoms with Crippen molar-refractivity contribution in [2.24, 2.45) is 0 Å². The van der Waals surface area contributed by atoms with Gasteiger partial charge in [0.05, 0.1) is 5.39 Å². The van der Waals surface area contributed by atoms with Crippen LogP contribution in [0.5, 0.6) is 0 Å². The van der Waals surface area contributed by atoms with Crippen molar-refractivity contribution >= 4 is 33.1 Å². The molecule has 0 saturated carbocycles. The number of nitrogens with one attached hydrogen (secondary N) is 1. The molecule has 0 fully saturated rings. The molecule has 3 rings (SSSR count). The molecule has 0 aliphatic rings. The maximum Gasteiger partial charge on any atom is 0.344 e. The van der Waals surface area contributed by atoms with E-state index < -0.39 is 11.5 Å². The molecule has 1 amide bonds. The van der Waals surface area contributed by atoms with E-state index in [0.717, 1.165) is 5.01 Å². The summed E-state index contributed by atoms with van der Waals surface area (Å²) in [5, 5.41) is 12.8.